The van der Waals surface area contributed by atoms with E-state index in [0.717, 1.165) is 10.0 Å². The number of benzene rings is 2. The van der Waals surface area contributed by atoms with Crippen molar-refractivity contribution >= 4 is 28.1 Å². The van der Waals surface area contributed by atoms with Gasteiger partial charge in [0.2, 0.25) is 0 Å². The highest BCUT2D eigenvalue weighted by Gasteiger charge is 2.00. The molecule has 4 nitrogen and oxygen atoms in total. The van der Waals surface area contributed by atoms with Gasteiger partial charge in [-0.15, -0.1) is 0 Å². The SMILES string of the molecule is O=C(COc1ccccc1)NN=Cc1cccc(Br)c1. The summed E-state index contributed by atoms with van der Waals surface area (Å²) >= 11 is 3.36. The van der Waals surface area contributed by atoms with E-state index in [4.69, 9.17) is 4.74 Å². The predicted molar refractivity (Wildman–Crippen MR) is 81.8 cm³/mol. The Hall–Kier alpha value is -2.14. The minimum absolute atomic E-state index is 0.0696. The Morgan fingerprint density at radius 2 is 2.00 bits per heavy atom. The van der Waals surface area contributed by atoms with E-state index in [-0.39, 0.29) is 12.5 Å². The van der Waals surface area contributed by atoms with Crippen LogP contribution < -0.4 is 10.2 Å². The molecule has 0 aromatic heterocycles. The number of carbonyl (C=O) groups is 1. The van der Waals surface area contributed by atoms with Gasteiger partial charge in [-0.3, -0.25) is 4.79 Å². The van der Waals surface area contributed by atoms with Gasteiger partial charge in [-0.2, -0.15) is 5.10 Å². The van der Waals surface area contributed by atoms with Crippen LogP contribution in [0.2, 0.25) is 0 Å². The first-order valence-corrected chi connectivity index (χ1v) is 6.78. The van der Waals surface area contributed by atoms with E-state index in [1.165, 1.54) is 0 Å². The third-order valence-corrected chi connectivity index (χ3v) is 2.86. The van der Waals surface area contributed by atoms with Crippen LogP contribution in [0.3, 0.4) is 0 Å². The maximum Gasteiger partial charge on any atom is 0.277 e. The van der Waals surface area contributed by atoms with Gasteiger partial charge in [0, 0.05) is 4.47 Å². The lowest BCUT2D eigenvalue weighted by Gasteiger charge is -2.04. The molecule has 2 aromatic carbocycles. The Kier molecular flexibility index (Phi) is 5.32. The lowest BCUT2D eigenvalue weighted by Crippen LogP contribution is -2.24. The van der Waals surface area contributed by atoms with E-state index in [0.29, 0.717) is 5.75 Å². The van der Waals surface area contributed by atoms with Crippen molar-refractivity contribution in [2.24, 2.45) is 5.10 Å². The van der Waals surface area contributed by atoms with E-state index in [2.05, 4.69) is 26.5 Å². The van der Waals surface area contributed by atoms with Crippen molar-refractivity contribution in [2.45, 2.75) is 0 Å². The van der Waals surface area contributed by atoms with E-state index in [9.17, 15) is 4.79 Å². The molecule has 0 saturated heterocycles. The van der Waals surface area contributed by atoms with Crippen LogP contribution in [-0.2, 0) is 4.79 Å². The topological polar surface area (TPSA) is 50.7 Å². The van der Waals surface area contributed by atoms with Gasteiger partial charge in [-0.25, -0.2) is 5.43 Å². The summed E-state index contributed by atoms with van der Waals surface area (Å²) in [5.41, 5.74) is 3.30. The van der Waals surface area contributed by atoms with Crippen molar-refractivity contribution in [1.29, 1.82) is 0 Å². The first-order chi connectivity index (χ1) is 9.74. The quantitative estimate of drug-likeness (QED) is 0.676. The molecular formula is C15H13BrN2O2. The zero-order chi connectivity index (χ0) is 14.2. The fourth-order valence-electron chi connectivity index (χ4n) is 1.46. The molecule has 0 aliphatic heterocycles. The molecule has 0 spiro atoms. The Morgan fingerprint density at radius 1 is 1.20 bits per heavy atom. The van der Waals surface area contributed by atoms with Crippen molar-refractivity contribution in [3.8, 4) is 5.75 Å². The highest BCUT2D eigenvalue weighted by molar-refractivity contribution is 9.10. The molecule has 0 unspecified atom stereocenters. The number of halogens is 1. The van der Waals surface area contributed by atoms with Gasteiger partial charge in [0.15, 0.2) is 6.61 Å². The second-order valence-corrected chi connectivity index (χ2v) is 4.87. The molecule has 0 aliphatic rings. The number of nitrogens with zero attached hydrogens (tertiary/aromatic N) is 1. The predicted octanol–water partition coefficient (Wildman–Crippen LogP) is 2.98. The normalized spacial score (nSPS) is 10.4. The molecule has 5 heteroatoms. The number of para-hydroxylation sites is 1. The summed E-state index contributed by atoms with van der Waals surface area (Å²) in [5.74, 6) is 0.346. The van der Waals surface area contributed by atoms with Crippen LogP contribution in [0.25, 0.3) is 0 Å². The second kappa shape index (κ2) is 7.45. The monoisotopic (exact) mass is 332 g/mol. The summed E-state index contributed by atoms with van der Waals surface area (Å²) in [5, 5.41) is 3.87. The lowest BCUT2D eigenvalue weighted by molar-refractivity contribution is -0.123. The summed E-state index contributed by atoms with van der Waals surface area (Å²) < 4.78 is 6.25. The van der Waals surface area contributed by atoms with Gasteiger partial charge < -0.3 is 4.74 Å². The molecule has 2 rings (SSSR count). The van der Waals surface area contributed by atoms with E-state index >= 15 is 0 Å². The van der Waals surface area contributed by atoms with E-state index in [1.54, 1.807) is 18.3 Å². The Bertz CT molecular complexity index is 600. The highest BCUT2D eigenvalue weighted by atomic mass is 79.9. The minimum atomic E-state index is -0.305. The van der Waals surface area contributed by atoms with E-state index in [1.807, 2.05) is 42.5 Å². The third-order valence-electron chi connectivity index (χ3n) is 2.36. The molecule has 0 heterocycles. The molecule has 0 aliphatic carbocycles. The molecule has 2 aromatic rings. The Labute approximate surface area is 125 Å². The van der Waals surface area contributed by atoms with Crippen LogP contribution in [0.4, 0.5) is 0 Å². The number of hydrogen-bond acceptors (Lipinski definition) is 3. The summed E-state index contributed by atoms with van der Waals surface area (Å²) in [6, 6.07) is 16.8. The maximum absolute atomic E-state index is 11.5. The fraction of sp³-hybridized carbons (Fsp3) is 0.0667. The molecule has 1 N–H and O–H groups in total. The molecule has 0 radical (unpaired) electrons. The Balaban J connectivity index is 1.78. The standard InChI is InChI=1S/C15H13BrN2O2/c16-13-6-4-5-12(9-13)10-17-18-15(19)11-20-14-7-2-1-3-8-14/h1-10H,11H2,(H,18,19). The zero-order valence-electron chi connectivity index (χ0n) is 10.6. The number of ether oxygens (including phenoxy) is 1. The third kappa shape index (κ3) is 4.85. The summed E-state index contributed by atoms with van der Waals surface area (Å²) in [4.78, 5) is 11.5. The molecule has 20 heavy (non-hydrogen) atoms. The summed E-state index contributed by atoms with van der Waals surface area (Å²) in [6.45, 7) is -0.0696. The van der Waals surface area contributed by atoms with Gasteiger partial charge in [-0.1, -0.05) is 46.3 Å². The van der Waals surface area contributed by atoms with Crippen molar-refractivity contribution < 1.29 is 9.53 Å². The number of amides is 1. The largest absolute Gasteiger partial charge is 0.484 e. The maximum atomic E-state index is 11.5. The Morgan fingerprint density at radius 3 is 2.75 bits per heavy atom. The zero-order valence-corrected chi connectivity index (χ0v) is 12.2. The number of rotatable bonds is 5. The van der Waals surface area contributed by atoms with Gasteiger partial charge >= 0.3 is 0 Å². The number of hydrogen-bond donors (Lipinski definition) is 1. The average molecular weight is 333 g/mol. The van der Waals surface area contributed by atoms with Crippen molar-refractivity contribution in [3.63, 3.8) is 0 Å². The average Bonchev–Trinajstić information content (AvgIpc) is 2.46. The first-order valence-electron chi connectivity index (χ1n) is 5.99. The van der Waals surface area contributed by atoms with Crippen LogP contribution in [0.1, 0.15) is 5.56 Å². The van der Waals surface area contributed by atoms with Gasteiger partial charge in [0.1, 0.15) is 5.75 Å². The number of carbonyl (C=O) groups excluding carboxylic acids is 1. The second-order valence-electron chi connectivity index (χ2n) is 3.95. The fourth-order valence-corrected chi connectivity index (χ4v) is 1.88. The molecule has 102 valence electrons. The van der Waals surface area contributed by atoms with Crippen molar-refractivity contribution in [2.75, 3.05) is 6.61 Å². The summed E-state index contributed by atoms with van der Waals surface area (Å²) in [7, 11) is 0. The molecule has 0 saturated carbocycles. The van der Waals surface area contributed by atoms with Crippen LogP contribution in [-0.4, -0.2) is 18.7 Å². The van der Waals surface area contributed by atoms with E-state index < -0.39 is 0 Å². The number of hydrazone groups is 1. The number of nitrogens with one attached hydrogen (secondary N) is 1. The first kappa shape index (κ1) is 14.3. The molecule has 1 amide bonds. The van der Waals surface area contributed by atoms with Crippen LogP contribution >= 0.6 is 15.9 Å². The molecule has 0 bridgehead atoms. The van der Waals surface area contributed by atoms with Crippen LogP contribution in [0.5, 0.6) is 5.75 Å². The minimum Gasteiger partial charge on any atom is -0.484 e. The van der Waals surface area contributed by atoms with Crippen LogP contribution in [0, 0.1) is 0 Å². The highest BCUT2D eigenvalue weighted by Crippen LogP contribution is 2.10. The van der Waals surface area contributed by atoms with Crippen molar-refractivity contribution in [1.82, 2.24) is 5.43 Å². The smallest absolute Gasteiger partial charge is 0.277 e. The van der Waals surface area contributed by atoms with Crippen LogP contribution in [0.15, 0.2) is 64.2 Å². The summed E-state index contributed by atoms with van der Waals surface area (Å²) in [6.07, 6.45) is 1.57. The lowest BCUT2D eigenvalue weighted by atomic mass is 10.2. The molecular weight excluding hydrogens is 320 g/mol. The van der Waals surface area contributed by atoms with Gasteiger partial charge in [-0.05, 0) is 29.8 Å². The van der Waals surface area contributed by atoms with Gasteiger partial charge in [0.25, 0.3) is 5.91 Å². The molecule has 0 atom stereocenters. The van der Waals surface area contributed by atoms with Crippen molar-refractivity contribution in [3.05, 3.63) is 64.6 Å². The molecule has 0 fully saturated rings. The van der Waals surface area contributed by atoms with Gasteiger partial charge in [0.05, 0.1) is 6.21 Å².